The van der Waals surface area contributed by atoms with Gasteiger partial charge in [0.05, 0.1) is 0 Å². The first kappa shape index (κ1) is 17.7. The fourth-order valence-corrected chi connectivity index (χ4v) is 4.75. The zero-order valence-corrected chi connectivity index (χ0v) is 16.2. The number of nitrogens with zero attached hydrogens (tertiary/aromatic N) is 6. The fraction of sp³-hybridized carbons (Fsp3) is 0.579. The minimum atomic E-state index is 0.322. The van der Waals surface area contributed by atoms with Crippen LogP contribution >= 0.6 is 11.8 Å². The molecule has 4 rings (SSSR count). The number of likely N-dealkylation sites (tertiary alicyclic amines) is 1. The van der Waals surface area contributed by atoms with Crippen LogP contribution in [0.3, 0.4) is 0 Å². The van der Waals surface area contributed by atoms with Crippen LogP contribution in [-0.2, 0) is 6.54 Å². The maximum Gasteiger partial charge on any atom is 0.225 e. The Balaban J connectivity index is 1.40. The van der Waals surface area contributed by atoms with E-state index >= 15 is 0 Å². The minimum Gasteiger partial charge on any atom is -0.341 e. The number of thioether (sulfide) groups is 1. The molecule has 4 heterocycles. The number of rotatable bonds is 5. The first-order valence-electron chi connectivity index (χ1n) is 9.50. The van der Waals surface area contributed by atoms with E-state index in [1.54, 1.807) is 11.8 Å². The second kappa shape index (κ2) is 7.88. The second-order valence-corrected chi connectivity index (χ2v) is 8.32. The number of aromatic nitrogens is 4. The molecule has 0 amide bonds. The summed E-state index contributed by atoms with van der Waals surface area (Å²) in [6.07, 6.45) is 12.6. The predicted molar refractivity (Wildman–Crippen MR) is 104 cm³/mol. The molecule has 0 saturated carbocycles. The lowest BCUT2D eigenvalue weighted by atomic mass is 9.85. The van der Waals surface area contributed by atoms with Crippen molar-refractivity contribution in [1.29, 1.82) is 0 Å². The van der Waals surface area contributed by atoms with Gasteiger partial charge in [-0.25, -0.2) is 19.9 Å². The van der Waals surface area contributed by atoms with Gasteiger partial charge in [-0.2, -0.15) is 0 Å². The summed E-state index contributed by atoms with van der Waals surface area (Å²) in [6, 6.07) is 1.88. The van der Waals surface area contributed by atoms with Crippen molar-refractivity contribution < 1.29 is 0 Å². The standard InChI is InChI=1S/C19H26N6S/c1-2-26-18-22-13-16(14-23-18)15-25-10-3-5-19(25)6-11-24(12-7-19)17-20-8-4-9-21-17/h4,8-9,13-14H,2-3,5-7,10-12,15H2,1H3. The Kier molecular flexibility index (Phi) is 5.36. The topological polar surface area (TPSA) is 58.0 Å². The highest BCUT2D eigenvalue weighted by Crippen LogP contribution is 2.39. The van der Waals surface area contributed by atoms with E-state index in [4.69, 9.17) is 0 Å². The Morgan fingerprint density at radius 3 is 2.42 bits per heavy atom. The molecular weight excluding hydrogens is 344 g/mol. The molecule has 2 aliphatic heterocycles. The molecule has 2 aliphatic rings. The largest absolute Gasteiger partial charge is 0.341 e. The maximum absolute atomic E-state index is 4.50. The van der Waals surface area contributed by atoms with Crippen LogP contribution in [0.25, 0.3) is 0 Å². The number of anilines is 1. The van der Waals surface area contributed by atoms with E-state index in [1.165, 1.54) is 37.8 Å². The van der Waals surface area contributed by atoms with Crippen LogP contribution in [-0.4, -0.2) is 55.8 Å². The third-order valence-electron chi connectivity index (χ3n) is 5.60. The van der Waals surface area contributed by atoms with E-state index in [-0.39, 0.29) is 0 Å². The van der Waals surface area contributed by atoms with Crippen LogP contribution in [0, 0.1) is 0 Å². The van der Waals surface area contributed by atoms with Gasteiger partial charge in [0, 0.05) is 55.5 Å². The zero-order chi connectivity index (χ0) is 17.8. The van der Waals surface area contributed by atoms with Gasteiger partial charge in [-0.05, 0) is 44.0 Å². The van der Waals surface area contributed by atoms with Crippen molar-refractivity contribution in [3.63, 3.8) is 0 Å². The minimum absolute atomic E-state index is 0.322. The van der Waals surface area contributed by atoms with Gasteiger partial charge in [-0.15, -0.1) is 0 Å². The van der Waals surface area contributed by atoms with Gasteiger partial charge in [0.25, 0.3) is 0 Å². The molecule has 2 saturated heterocycles. The molecule has 0 radical (unpaired) electrons. The van der Waals surface area contributed by atoms with Gasteiger partial charge >= 0.3 is 0 Å². The van der Waals surface area contributed by atoms with Crippen LogP contribution in [0.15, 0.2) is 36.0 Å². The van der Waals surface area contributed by atoms with Crippen LogP contribution in [0.2, 0.25) is 0 Å². The van der Waals surface area contributed by atoms with Gasteiger partial charge in [0.2, 0.25) is 5.95 Å². The van der Waals surface area contributed by atoms with Crippen molar-refractivity contribution in [2.75, 3.05) is 30.3 Å². The molecule has 6 nitrogen and oxygen atoms in total. The lowest BCUT2D eigenvalue weighted by Gasteiger charge is -2.45. The van der Waals surface area contributed by atoms with Gasteiger partial charge in [0.15, 0.2) is 5.16 Å². The van der Waals surface area contributed by atoms with Gasteiger partial charge < -0.3 is 4.90 Å². The molecule has 0 unspecified atom stereocenters. The molecule has 7 heteroatoms. The molecule has 2 fully saturated rings. The first-order chi connectivity index (χ1) is 12.8. The number of hydrogen-bond acceptors (Lipinski definition) is 7. The molecule has 138 valence electrons. The highest BCUT2D eigenvalue weighted by molar-refractivity contribution is 7.99. The Morgan fingerprint density at radius 2 is 1.73 bits per heavy atom. The summed E-state index contributed by atoms with van der Waals surface area (Å²) in [5.74, 6) is 1.88. The van der Waals surface area contributed by atoms with Crippen LogP contribution < -0.4 is 4.90 Å². The Morgan fingerprint density at radius 1 is 1.00 bits per heavy atom. The van der Waals surface area contributed by atoms with Crippen molar-refractivity contribution in [3.05, 3.63) is 36.4 Å². The molecular formula is C19H26N6S. The summed E-state index contributed by atoms with van der Waals surface area (Å²) in [4.78, 5) is 22.8. The van der Waals surface area contributed by atoms with E-state index < -0.39 is 0 Å². The summed E-state index contributed by atoms with van der Waals surface area (Å²) >= 11 is 1.69. The summed E-state index contributed by atoms with van der Waals surface area (Å²) in [5.41, 5.74) is 1.54. The van der Waals surface area contributed by atoms with Crippen molar-refractivity contribution in [2.45, 2.75) is 49.8 Å². The summed E-state index contributed by atoms with van der Waals surface area (Å²) < 4.78 is 0. The lowest BCUT2D eigenvalue weighted by molar-refractivity contribution is 0.0992. The molecule has 26 heavy (non-hydrogen) atoms. The molecule has 0 N–H and O–H groups in total. The predicted octanol–water partition coefficient (Wildman–Crippen LogP) is 3.01. The average Bonchev–Trinajstić information content (AvgIpc) is 3.06. The maximum atomic E-state index is 4.50. The third-order valence-corrected chi connectivity index (χ3v) is 6.36. The quantitative estimate of drug-likeness (QED) is 0.592. The highest BCUT2D eigenvalue weighted by atomic mass is 32.2. The molecule has 2 aromatic heterocycles. The Labute approximate surface area is 159 Å². The summed E-state index contributed by atoms with van der Waals surface area (Å²) in [7, 11) is 0. The molecule has 0 aliphatic carbocycles. The lowest BCUT2D eigenvalue weighted by Crippen LogP contribution is -2.52. The van der Waals surface area contributed by atoms with Crippen LogP contribution in [0.5, 0.6) is 0 Å². The SMILES string of the molecule is CCSc1ncc(CN2CCCC23CCN(c2ncccn2)CC3)cn1. The van der Waals surface area contributed by atoms with Gasteiger partial charge in [-0.3, -0.25) is 4.90 Å². The Hall–Kier alpha value is -1.73. The van der Waals surface area contributed by atoms with Gasteiger partial charge in [-0.1, -0.05) is 18.7 Å². The molecule has 2 aromatic rings. The summed E-state index contributed by atoms with van der Waals surface area (Å²) in [6.45, 7) is 6.32. The molecule has 0 atom stereocenters. The average molecular weight is 371 g/mol. The van der Waals surface area contributed by atoms with Gasteiger partial charge in [0.1, 0.15) is 0 Å². The van der Waals surface area contributed by atoms with Crippen molar-refractivity contribution in [1.82, 2.24) is 24.8 Å². The summed E-state index contributed by atoms with van der Waals surface area (Å²) in [5, 5.41) is 0.878. The van der Waals surface area contributed by atoms with Crippen LogP contribution in [0.1, 0.15) is 38.2 Å². The monoisotopic (exact) mass is 370 g/mol. The second-order valence-electron chi connectivity index (χ2n) is 7.09. The van der Waals surface area contributed by atoms with Crippen molar-refractivity contribution in [2.24, 2.45) is 0 Å². The van der Waals surface area contributed by atoms with E-state index in [2.05, 4.69) is 36.7 Å². The van der Waals surface area contributed by atoms with Crippen molar-refractivity contribution in [3.8, 4) is 0 Å². The number of hydrogen-bond donors (Lipinski definition) is 0. The van der Waals surface area contributed by atoms with E-state index in [0.717, 1.165) is 36.5 Å². The smallest absolute Gasteiger partial charge is 0.225 e. The fourth-order valence-electron chi connectivity index (χ4n) is 4.23. The van der Waals surface area contributed by atoms with E-state index in [1.807, 2.05) is 30.9 Å². The van der Waals surface area contributed by atoms with Crippen LogP contribution in [0.4, 0.5) is 5.95 Å². The highest BCUT2D eigenvalue weighted by Gasteiger charge is 2.43. The first-order valence-corrected chi connectivity index (χ1v) is 10.5. The van der Waals surface area contributed by atoms with E-state index in [9.17, 15) is 0 Å². The molecule has 0 aromatic carbocycles. The zero-order valence-electron chi connectivity index (χ0n) is 15.3. The molecule has 0 bridgehead atoms. The third kappa shape index (κ3) is 3.69. The van der Waals surface area contributed by atoms with Crippen molar-refractivity contribution >= 4 is 17.7 Å². The normalized spacial score (nSPS) is 20.0. The van der Waals surface area contributed by atoms with E-state index in [0.29, 0.717) is 5.54 Å². The Bertz CT molecular complexity index is 700. The number of piperidine rings is 1. The molecule has 1 spiro atoms.